The maximum absolute atomic E-state index is 11.8. The van der Waals surface area contributed by atoms with Crippen LogP contribution in [0, 0.1) is 13.8 Å². The molecule has 1 N–H and O–H groups in total. The highest BCUT2D eigenvalue weighted by Crippen LogP contribution is 2.12. The molecule has 0 aliphatic carbocycles. The van der Waals surface area contributed by atoms with Crippen molar-refractivity contribution in [1.29, 1.82) is 0 Å². The van der Waals surface area contributed by atoms with E-state index in [-0.39, 0.29) is 25.0 Å². The molecule has 0 aliphatic heterocycles. The third-order valence-corrected chi connectivity index (χ3v) is 3.63. The van der Waals surface area contributed by atoms with Gasteiger partial charge in [-0.3, -0.25) is 9.59 Å². The van der Waals surface area contributed by atoms with E-state index >= 15 is 0 Å². The minimum Gasteiger partial charge on any atom is -0.467 e. The summed E-state index contributed by atoms with van der Waals surface area (Å²) in [6.07, 6.45) is 1.70. The maximum atomic E-state index is 11.8. The lowest BCUT2D eigenvalue weighted by atomic mass is 10.0. The minimum absolute atomic E-state index is 0.155. The number of esters is 1. The second-order valence-electron chi connectivity index (χ2n) is 5.56. The third-order valence-electron chi connectivity index (χ3n) is 3.63. The molecule has 1 aromatic heterocycles. The second-order valence-corrected chi connectivity index (χ2v) is 5.56. The highest BCUT2D eigenvalue weighted by molar-refractivity contribution is 5.81. The Kier molecular flexibility index (Phi) is 5.57. The molecular weight excluding hydrogens is 294 g/mol. The summed E-state index contributed by atoms with van der Waals surface area (Å²) in [5.74, 6) is -0.129. The summed E-state index contributed by atoms with van der Waals surface area (Å²) >= 11 is 0. The predicted molar refractivity (Wildman–Crippen MR) is 85.8 cm³/mol. The van der Waals surface area contributed by atoms with E-state index in [2.05, 4.69) is 5.32 Å². The molecule has 0 radical (unpaired) electrons. The number of rotatable bonds is 6. The summed E-state index contributed by atoms with van der Waals surface area (Å²) in [5, 5.41) is 2.71. The SMILES string of the molecule is Cc1ccc(CC(=O)OCC(=O)N[C@@H](C)c2ccco2)cc1C. The molecule has 5 nitrogen and oxygen atoms in total. The van der Waals surface area contributed by atoms with Crippen LogP contribution in [0.1, 0.15) is 35.4 Å². The van der Waals surface area contributed by atoms with Crippen molar-refractivity contribution in [3.8, 4) is 0 Å². The van der Waals surface area contributed by atoms with Crippen molar-refractivity contribution in [2.24, 2.45) is 0 Å². The smallest absolute Gasteiger partial charge is 0.310 e. The van der Waals surface area contributed by atoms with Crippen molar-refractivity contribution in [3.63, 3.8) is 0 Å². The molecule has 1 amide bonds. The molecule has 1 atom stereocenters. The first-order valence-electron chi connectivity index (χ1n) is 7.50. The largest absolute Gasteiger partial charge is 0.467 e. The Morgan fingerprint density at radius 1 is 1.22 bits per heavy atom. The van der Waals surface area contributed by atoms with Gasteiger partial charge in [-0.15, -0.1) is 0 Å². The van der Waals surface area contributed by atoms with Crippen LogP contribution in [0.15, 0.2) is 41.0 Å². The lowest BCUT2D eigenvalue weighted by molar-refractivity contribution is -0.148. The van der Waals surface area contributed by atoms with Crippen molar-refractivity contribution in [1.82, 2.24) is 5.32 Å². The van der Waals surface area contributed by atoms with Gasteiger partial charge < -0.3 is 14.5 Å². The molecule has 0 aliphatic rings. The van der Waals surface area contributed by atoms with E-state index in [0.717, 1.165) is 11.1 Å². The average Bonchev–Trinajstić information content (AvgIpc) is 3.03. The lowest BCUT2D eigenvalue weighted by Gasteiger charge is -2.11. The van der Waals surface area contributed by atoms with E-state index in [4.69, 9.17) is 9.15 Å². The van der Waals surface area contributed by atoms with Crippen molar-refractivity contribution in [2.75, 3.05) is 6.61 Å². The Bertz CT molecular complexity index is 676. The number of carbonyl (C=O) groups is 2. The first kappa shape index (κ1) is 16.8. The number of nitrogens with one attached hydrogen (secondary N) is 1. The second kappa shape index (κ2) is 7.63. The van der Waals surface area contributed by atoms with Gasteiger partial charge in [0.2, 0.25) is 0 Å². The van der Waals surface area contributed by atoms with Gasteiger partial charge in [-0.2, -0.15) is 0 Å². The van der Waals surface area contributed by atoms with Crippen molar-refractivity contribution < 1.29 is 18.7 Å². The van der Waals surface area contributed by atoms with Gasteiger partial charge in [0, 0.05) is 0 Å². The molecular formula is C18H21NO4. The summed E-state index contributed by atoms with van der Waals surface area (Å²) in [5.41, 5.74) is 3.18. The third kappa shape index (κ3) is 4.98. The van der Waals surface area contributed by atoms with Crippen LogP contribution in [-0.4, -0.2) is 18.5 Å². The molecule has 0 saturated heterocycles. The fraction of sp³-hybridized carbons (Fsp3) is 0.333. The fourth-order valence-electron chi connectivity index (χ4n) is 2.17. The quantitative estimate of drug-likeness (QED) is 0.832. The van der Waals surface area contributed by atoms with Gasteiger partial charge in [0.1, 0.15) is 5.76 Å². The van der Waals surface area contributed by atoms with Crippen molar-refractivity contribution in [3.05, 3.63) is 59.0 Å². The lowest BCUT2D eigenvalue weighted by Crippen LogP contribution is -2.31. The fourth-order valence-corrected chi connectivity index (χ4v) is 2.17. The van der Waals surface area contributed by atoms with E-state index in [0.29, 0.717) is 5.76 Å². The number of benzene rings is 1. The number of aryl methyl sites for hydroxylation is 2. The topological polar surface area (TPSA) is 68.5 Å². The van der Waals surface area contributed by atoms with E-state index in [1.165, 1.54) is 5.56 Å². The van der Waals surface area contributed by atoms with Gasteiger partial charge in [0.05, 0.1) is 18.7 Å². The Morgan fingerprint density at radius 2 is 2.00 bits per heavy atom. The molecule has 0 unspecified atom stereocenters. The van der Waals surface area contributed by atoms with Crippen LogP contribution in [0.2, 0.25) is 0 Å². The van der Waals surface area contributed by atoms with Gasteiger partial charge in [-0.25, -0.2) is 0 Å². The number of ether oxygens (including phenoxy) is 1. The molecule has 2 rings (SSSR count). The molecule has 1 heterocycles. The van der Waals surface area contributed by atoms with Crippen LogP contribution in [0.3, 0.4) is 0 Å². The van der Waals surface area contributed by atoms with Crippen LogP contribution >= 0.6 is 0 Å². The van der Waals surface area contributed by atoms with Crippen molar-refractivity contribution in [2.45, 2.75) is 33.2 Å². The average molecular weight is 315 g/mol. The Morgan fingerprint density at radius 3 is 2.65 bits per heavy atom. The summed E-state index contributed by atoms with van der Waals surface area (Å²) in [6, 6.07) is 9.07. The van der Waals surface area contributed by atoms with Crippen LogP contribution in [-0.2, 0) is 20.7 Å². The molecule has 2 aromatic rings. The Labute approximate surface area is 135 Å². The van der Waals surface area contributed by atoms with E-state index in [1.54, 1.807) is 25.3 Å². The summed E-state index contributed by atoms with van der Waals surface area (Å²) < 4.78 is 10.2. The molecule has 122 valence electrons. The summed E-state index contributed by atoms with van der Waals surface area (Å²) in [7, 11) is 0. The highest BCUT2D eigenvalue weighted by atomic mass is 16.5. The molecule has 0 spiro atoms. The Hall–Kier alpha value is -2.56. The zero-order chi connectivity index (χ0) is 16.8. The molecule has 1 aromatic carbocycles. The standard InChI is InChI=1S/C18H21NO4/c1-12-6-7-15(9-13(12)2)10-18(21)23-11-17(20)19-14(3)16-5-4-8-22-16/h4-9,14H,10-11H2,1-3H3,(H,19,20)/t14-/m0/s1. The van der Waals surface area contributed by atoms with Crippen LogP contribution in [0.4, 0.5) is 0 Å². The number of furan rings is 1. The van der Waals surface area contributed by atoms with Gasteiger partial charge >= 0.3 is 5.97 Å². The first-order chi connectivity index (χ1) is 11.0. The number of hydrogen-bond acceptors (Lipinski definition) is 4. The highest BCUT2D eigenvalue weighted by Gasteiger charge is 2.14. The monoisotopic (exact) mass is 315 g/mol. The van der Waals surface area contributed by atoms with Crippen LogP contribution in [0.5, 0.6) is 0 Å². The zero-order valence-electron chi connectivity index (χ0n) is 13.6. The molecule has 0 saturated carbocycles. The van der Waals surface area contributed by atoms with E-state index in [1.807, 2.05) is 32.0 Å². The van der Waals surface area contributed by atoms with E-state index in [9.17, 15) is 9.59 Å². The van der Waals surface area contributed by atoms with Gasteiger partial charge in [-0.05, 0) is 49.6 Å². The normalized spacial score (nSPS) is 11.8. The Balaban J connectivity index is 1.77. The number of carbonyl (C=O) groups excluding carboxylic acids is 2. The minimum atomic E-state index is -0.422. The first-order valence-corrected chi connectivity index (χ1v) is 7.50. The summed E-state index contributed by atoms with van der Waals surface area (Å²) in [6.45, 7) is 5.51. The van der Waals surface area contributed by atoms with Gasteiger partial charge in [0.25, 0.3) is 5.91 Å². The molecule has 5 heteroatoms. The zero-order valence-corrected chi connectivity index (χ0v) is 13.6. The number of amides is 1. The maximum Gasteiger partial charge on any atom is 0.310 e. The van der Waals surface area contributed by atoms with Crippen LogP contribution in [0.25, 0.3) is 0 Å². The molecule has 0 fully saturated rings. The van der Waals surface area contributed by atoms with Gasteiger partial charge in [-0.1, -0.05) is 18.2 Å². The van der Waals surface area contributed by atoms with Crippen LogP contribution < -0.4 is 5.32 Å². The number of hydrogen-bond donors (Lipinski definition) is 1. The van der Waals surface area contributed by atoms with E-state index < -0.39 is 5.97 Å². The molecule has 23 heavy (non-hydrogen) atoms. The predicted octanol–water partition coefficient (Wildman–Crippen LogP) is 2.86. The summed E-state index contributed by atoms with van der Waals surface area (Å²) in [4.78, 5) is 23.6. The van der Waals surface area contributed by atoms with Crippen molar-refractivity contribution >= 4 is 11.9 Å². The molecule has 0 bridgehead atoms. The van der Waals surface area contributed by atoms with Gasteiger partial charge in [0.15, 0.2) is 6.61 Å².